The number of hydrogen-bond acceptors (Lipinski definition) is 1. The molecule has 2 nitrogen and oxygen atoms in total. The molecule has 0 aromatic heterocycles. The van der Waals surface area contributed by atoms with E-state index in [2.05, 4.69) is 4.98 Å². The minimum Gasteiger partial charge on any atom is -0.204 e. The van der Waals surface area contributed by atoms with Crippen molar-refractivity contribution in [3.63, 3.8) is 0 Å². The van der Waals surface area contributed by atoms with Crippen LogP contribution in [0.4, 0.5) is 14.5 Å². The van der Waals surface area contributed by atoms with Crippen LogP contribution in [0.15, 0.2) is 12.1 Å². The molecule has 0 bridgehead atoms. The van der Waals surface area contributed by atoms with Crippen molar-refractivity contribution in [2.24, 2.45) is 0 Å². The summed E-state index contributed by atoms with van der Waals surface area (Å²) in [7, 11) is 0. The lowest BCUT2D eigenvalue weighted by atomic mass is 10.3. The molecular formula is C6H2ClF2N2+. The standard InChI is InChI=1S/C6H2ClF2N2/c7-3-1-4(8)5(9)2-6(3)11-10/h1-2H/q+1. The first-order chi connectivity index (χ1) is 5.15. The van der Waals surface area contributed by atoms with Gasteiger partial charge in [-0.05, 0) is 0 Å². The van der Waals surface area contributed by atoms with Crippen LogP contribution in [0.5, 0.6) is 0 Å². The third-order valence-corrected chi connectivity index (χ3v) is 1.40. The van der Waals surface area contributed by atoms with Crippen LogP contribution in [-0.2, 0) is 0 Å². The van der Waals surface area contributed by atoms with E-state index in [4.69, 9.17) is 17.0 Å². The fourth-order valence-electron chi connectivity index (χ4n) is 0.589. The van der Waals surface area contributed by atoms with Crippen molar-refractivity contribution >= 4 is 17.3 Å². The lowest BCUT2D eigenvalue weighted by Gasteiger charge is -1.88. The summed E-state index contributed by atoms with van der Waals surface area (Å²) in [5.41, 5.74) is -0.189. The van der Waals surface area contributed by atoms with Crippen molar-refractivity contribution in [3.8, 4) is 0 Å². The summed E-state index contributed by atoms with van der Waals surface area (Å²) in [6.07, 6.45) is 0. The third kappa shape index (κ3) is 1.44. The van der Waals surface area contributed by atoms with E-state index in [1.54, 1.807) is 0 Å². The molecular weight excluding hydrogens is 174 g/mol. The average molecular weight is 176 g/mol. The number of benzene rings is 1. The molecule has 0 N–H and O–H groups in total. The van der Waals surface area contributed by atoms with Gasteiger partial charge in [0.2, 0.25) is 5.39 Å². The second kappa shape index (κ2) is 2.81. The first kappa shape index (κ1) is 7.89. The largest absolute Gasteiger partial charge is 0.406 e. The van der Waals surface area contributed by atoms with Crippen LogP contribution in [0.3, 0.4) is 0 Å². The summed E-state index contributed by atoms with van der Waals surface area (Å²) in [4.78, 5) is 2.63. The van der Waals surface area contributed by atoms with Crippen molar-refractivity contribution in [1.82, 2.24) is 0 Å². The van der Waals surface area contributed by atoms with Crippen LogP contribution in [0.2, 0.25) is 5.02 Å². The van der Waals surface area contributed by atoms with Gasteiger partial charge in [0.15, 0.2) is 16.6 Å². The van der Waals surface area contributed by atoms with E-state index in [1.165, 1.54) is 0 Å². The van der Waals surface area contributed by atoms with Gasteiger partial charge in [-0.3, -0.25) is 0 Å². The summed E-state index contributed by atoms with van der Waals surface area (Å²) in [6.45, 7) is 0. The Morgan fingerprint density at radius 1 is 1.27 bits per heavy atom. The second-order valence-corrected chi connectivity index (χ2v) is 2.22. The molecule has 0 aliphatic carbocycles. The van der Waals surface area contributed by atoms with Crippen LogP contribution < -0.4 is 0 Å². The van der Waals surface area contributed by atoms with Gasteiger partial charge >= 0.3 is 5.69 Å². The predicted molar refractivity (Wildman–Crippen MR) is 36.1 cm³/mol. The highest BCUT2D eigenvalue weighted by molar-refractivity contribution is 6.33. The molecule has 0 amide bonds. The summed E-state index contributed by atoms with van der Waals surface area (Å²) < 4.78 is 24.7. The van der Waals surface area contributed by atoms with Gasteiger partial charge in [-0.25, -0.2) is 8.78 Å². The van der Waals surface area contributed by atoms with E-state index in [0.29, 0.717) is 6.07 Å². The Bertz CT molecular complexity index is 332. The minimum absolute atomic E-state index is 0.133. The third-order valence-electron chi connectivity index (χ3n) is 1.10. The molecule has 0 aliphatic rings. The molecule has 0 aliphatic heterocycles. The van der Waals surface area contributed by atoms with Crippen LogP contribution in [0.25, 0.3) is 4.98 Å². The molecule has 1 aromatic rings. The molecule has 56 valence electrons. The van der Waals surface area contributed by atoms with E-state index < -0.39 is 11.6 Å². The van der Waals surface area contributed by atoms with Crippen molar-refractivity contribution in [1.29, 1.82) is 5.39 Å². The van der Waals surface area contributed by atoms with Gasteiger partial charge in [0.25, 0.3) is 0 Å². The quantitative estimate of drug-likeness (QED) is 0.440. The van der Waals surface area contributed by atoms with Gasteiger partial charge in [-0.15, -0.1) is 0 Å². The summed E-state index contributed by atoms with van der Waals surface area (Å²) >= 11 is 5.34. The Morgan fingerprint density at radius 2 is 1.82 bits per heavy atom. The maximum absolute atomic E-state index is 12.3. The molecule has 11 heavy (non-hydrogen) atoms. The molecule has 1 rings (SSSR count). The van der Waals surface area contributed by atoms with Crippen LogP contribution in [0.1, 0.15) is 0 Å². The number of diazo groups is 1. The topological polar surface area (TPSA) is 28.1 Å². The number of rotatable bonds is 0. The van der Waals surface area contributed by atoms with E-state index >= 15 is 0 Å². The average Bonchev–Trinajstić information content (AvgIpc) is 1.97. The number of halogens is 3. The Morgan fingerprint density at radius 3 is 2.36 bits per heavy atom. The van der Waals surface area contributed by atoms with Gasteiger partial charge in [-0.2, -0.15) is 0 Å². The van der Waals surface area contributed by atoms with Crippen molar-refractivity contribution in [3.05, 3.63) is 33.8 Å². The van der Waals surface area contributed by atoms with Gasteiger partial charge in [-0.1, -0.05) is 11.6 Å². The predicted octanol–water partition coefficient (Wildman–Crippen LogP) is 3.10. The zero-order chi connectivity index (χ0) is 8.43. The van der Waals surface area contributed by atoms with E-state index in [-0.39, 0.29) is 10.7 Å². The summed E-state index contributed by atoms with van der Waals surface area (Å²) in [6, 6.07) is 1.45. The number of nitrogens with zero attached hydrogens (tertiary/aromatic N) is 2. The molecule has 0 radical (unpaired) electrons. The van der Waals surface area contributed by atoms with Crippen LogP contribution >= 0.6 is 11.6 Å². The summed E-state index contributed by atoms with van der Waals surface area (Å²) in [5.74, 6) is -2.16. The van der Waals surface area contributed by atoms with Crippen LogP contribution in [-0.4, -0.2) is 0 Å². The molecule has 0 fully saturated rings. The van der Waals surface area contributed by atoms with Gasteiger partial charge in [0, 0.05) is 6.07 Å². The van der Waals surface area contributed by atoms with Gasteiger partial charge < -0.3 is 0 Å². The highest BCUT2D eigenvalue weighted by Gasteiger charge is 2.16. The smallest absolute Gasteiger partial charge is 0.204 e. The van der Waals surface area contributed by atoms with E-state index in [1.807, 2.05) is 0 Å². The highest BCUT2D eigenvalue weighted by atomic mass is 35.5. The monoisotopic (exact) mass is 175 g/mol. The lowest BCUT2D eigenvalue weighted by Crippen LogP contribution is -1.81. The Balaban J connectivity index is 3.35. The molecule has 5 heteroatoms. The van der Waals surface area contributed by atoms with Crippen molar-refractivity contribution in [2.75, 3.05) is 0 Å². The zero-order valence-corrected chi connectivity index (χ0v) is 5.94. The van der Waals surface area contributed by atoms with Crippen molar-refractivity contribution < 1.29 is 8.78 Å². The van der Waals surface area contributed by atoms with Gasteiger partial charge in [0.05, 0.1) is 6.07 Å². The van der Waals surface area contributed by atoms with Gasteiger partial charge in [0.1, 0.15) is 5.02 Å². The van der Waals surface area contributed by atoms with E-state index in [9.17, 15) is 8.78 Å². The molecule has 0 unspecified atom stereocenters. The van der Waals surface area contributed by atoms with Crippen LogP contribution in [0, 0.1) is 17.0 Å². The normalized spacial score (nSPS) is 9.27. The molecule has 0 saturated carbocycles. The SMILES string of the molecule is N#[N+]c1cc(F)c(F)cc1Cl. The molecule has 0 atom stereocenters. The molecule has 0 spiro atoms. The fourth-order valence-corrected chi connectivity index (χ4v) is 0.777. The lowest BCUT2D eigenvalue weighted by molar-refractivity contribution is 0.509. The first-order valence-electron chi connectivity index (χ1n) is 2.65. The zero-order valence-electron chi connectivity index (χ0n) is 5.18. The second-order valence-electron chi connectivity index (χ2n) is 1.82. The Hall–Kier alpha value is -1.21. The Labute approximate surface area is 66.0 Å². The minimum atomic E-state index is -1.10. The molecule has 0 saturated heterocycles. The number of hydrogen-bond donors (Lipinski definition) is 0. The van der Waals surface area contributed by atoms with E-state index in [0.717, 1.165) is 6.07 Å². The fraction of sp³-hybridized carbons (Fsp3) is 0. The molecule has 0 heterocycles. The van der Waals surface area contributed by atoms with Crippen molar-refractivity contribution in [2.45, 2.75) is 0 Å². The maximum Gasteiger partial charge on any atom is 0.406 e. The summed E-state index contributed by atoms with van der Waals surface area (Å²) in [5, 5.41) is 8.05. The Kier molecular flexibility index (Phi) is 2.01. The highest BCUT2D eigenvalue weighted by Crippen LogP contribution is 2.26. The molecule has 1 aromatic carbocycles. The first-order valence-corrected chi connectivity index (χ1v) is 3.02. The maximum atomic E-state index is 12.3.